The monoisotopic (exact) mass is 445 g/mol. The van der Waals surface area contributed by atoms with E-state index >= 15 is 0 Å². The molecule has 1 fully saturated rings. The highest BCUT2D eigenvalue weighted by molar-refractivity contribution is 7.89. The molecule has 1 aliphatic heterocycles. The topological polar surface area (TPSA) is 114 Å². The average molecular weight is 445 g/mol. The first kappa shape index (κ1) is 22.5. The standard InChI is InChI=1S/C21H23N3O6S/c1-29-18-8-5-16(6-9-18)7-10-20(25)22-23-21(26)17-3-2-4-19(15-17)31(27,28)24-11-13-30-14-12-24/h2-10,15H,11-14H2,1H3,(H,22,25)(H,23,26)/b10-7+. The molecule has 0 unspecified atom stereocenters. The number of carbonyl (C=O) groups is 2. The molecule has 0 spiro atoms. The van der Waals surface area contributed by atoms with E-state index in [1.807, 2.05) is 0 Å². The average Bonchev–Trinajstić information content (AvgIpc) is 2.82. The van der Waals surface area contributed by atoms with E-state index in [0.29, 0.717) is 19.0 Å². The van der Waals surface area contributed by atoms with Crippen LogP contribution in [0.4, 0.5) is 0 Å². The van der Waals surface area contributed by atoms with Gasteiger partial charge < -0.3 is 9.47 Å². The number of rotatable bonds is 6. The molecule has 10 heteroatoms. The molecular weight excluding hydrogens is 422 g/mol. The van der Waals surface area contributed by atoms with Gasteiger partial charge in [0.05, 0.1) is 25.2 Å². The third-order valence-corrected chi connectivity index (χ3v) is 6.44. The van der Waals surface area contributed by atoms with Gasteiger partial charge in [-0.3, -0.25) is 20.4 Å². The van der Waals surface area contributed by atoms with Gasteiger partial charge in [-0.05, 0) is 42.0 Å². The van der Waals surface area contributed by atoms with Gasteiger partial charge in [-0.25, -0.2) is 8.42 Å². The lowest BCUT2D eigenvalue weighted by Gasteiger charge is -2.26. The van der Waals surface area contributed by atoms with Crippen LogP contribution in [0, 0.1) is 0 Å². The van der Waals surface area contributed by atoms with Gasteiger partial charge in [0.2, 0.25) is 10.0 Å². The van der Waals surface area contributed by atoms with Crippen molar-refractivity contribution in [1.82, 2.24) is 15.2 Å². The summed E-state index contributed by atoms with van der Waals surface area (Å²) in [6.45, 7) is 1.18. The van der Waals surface area contributed by atoms with Gasteiger partial charge in [0.15, 0.2) is 0 Å². The van der Waals surface area contributed by atoms with Crippen molar-refractivity contribution < 1.29 is 27.5 Å². The maximum absolute atomic E-state index is 12.7. The van der Waals surface area contributed by atoms with Crippen molar-refractivity contribution >= 4 is 27.9 Å². The molecule has 3 rings (SSSR count). The molecule has 1 saturated heterocycles. The minimum Gasteiger partial charge on any atom is -0.497 e. The molecule has 2 aromatic rings. The molecule has 31 heavy (non-hydrogen) atoms. The molecule has 9 nitrogen and oxygen atoms in total. The molecular formula is C21H23N3O6S. The van der Waals surface area contributed by atoms with Crippen LogP contribution in [0.2, 0.25) is 0 Å². The summed E-state index contributed by atoms with van der Waals surface area (Å²) >= 11 is 0. The maximum Gasteiger partial charge on any atom is 0.269 e. The van der Waals surface area contributed by atoms with Crippen LogP contribution in [-0.4, -0.2) is 58.0 Å². The molecule has 0 saturated carbocycles. The molecule has 0 aliphatic carbocycles. The number of hydrazine groups is 1. The van der Waals surface area contributed by atoms with Gasteiger partial charge in [-0.15, -0.1) is 0 Å². The van der Waals surface area contributed by atoms with Crippen LogP contribution in [0.5, 0.6) is 5.75 Å². The summed E-state index contributed by atoms with van der Waals surface area (Å²) in [5.41, 5.74) is 5.43. The van der Waals surface area contributed by atoms with Gasteiger partial charge in [-0.2, -0.15) is 4.31 Å². The van der Waals surface area contributed by atoms with Crippen molar-refractivity contribution in [3.8, 4) is 5.75 Å². The summed E-state index contributed by atoms with van der Waals surface area (Å²) in [4.78, 5) is 24.3. The predicted molar refractivity (Wildman–Crippen MR) is 114 cm³/mol. The van der Waals surface area contributed by atoms with E-state index in [4.69, 9.17) is 9.47 Å². The molecule has 2 amide bonds. The molecule has 164 valence electrons. The van der Waals surface area contributed by atoms with Crippen molar-refractivity contribution in [2.75, 3.05) is 33.4 Å². The van der Waals surface area contributed by atoms with E-state index in [9.17, 15) is 18.0 Å². The van der Waals surface area contributed by atoms with Crippen LogP contribution in [0.1, 0.15) is 15.9 Å². The van der Waals surface area contributed by atoms with E-state index in [-0.39, 0.29) is 23.5 Å². The lowest BCUT2D eigenvalue weighted by Crippen LogP contribution is -2.41. The van der Waals surface area contributed by atoms with Crippen LogP contribution in [0.25, 0.3) is 6.08 Å². The minimum absolute atomic E-state index is 0.00720. The van der Waals surface area contributed by atoms with Crippen molar-refractivity contribution in [2.45, 2.75) is 4.90 Å². The van der Waals surface area contributed by atoms with Crippen LogP contribution in [0.15, 0.2) is 59.5 Å². The Labute approximate surface area is 180 Å². The summed E-state index contributed by atoms with van der Waals surface area (Å²) in [7, 11) is -2.16. The zero-order valence-corrected chi connectivity index (χ0v) is 17.7. The smallest absolute Gasteiger partial charge is 0.269 e. The number of morpholine rings is 1. The van der Waals surface area contributed by atoms with Gasteiger partial charge in [-0.1, -0.05) is 18.2 Å². The quantitative estimate of drug-likeness (QED) is 0.510. The van der Waals surface area contributed by atoms with E-state index in [0.717, 1.165) is 5.56 Å². The molecule has 2 aromatic carbocycles. The fourth-order valence-electron chi connectivity index (χ4n) is 2.85. The van der Waals surface area contributed by atoms with E-state index in [2.05, 4.69) is 10.9 Å². The molecule has 1 heterocycles. The fraction of sp³-hybridized carbons (Fsp3) is 0.238. The van der Waals surface area contributed by atoms with Crippen molar-refractivity contribution in [1.29, 1.82) is 0 Å². The van der Waals surface area contributed by atoms with Crippen molar-refractivity contribution in [2.24, 2.45) is 0 Å². The third-order valence-electron chi connectivity index (χ3n) is 4.55. The highest BCUT2D eigenvalue weighted by Crippen LogP contribution is 2.18. The lowest BCUT2D eigenvalue weighted by atomic mass is 10.2. The lowest BCUT2D eigenvalue weighted by molar-refractivity contribution is -0.117. The number of hydrogen-bond donors (Lipinski definition) is 2. The maximum atomic E-state index is 12.7. The summed E-state index contributed by atoms with van der Waals surface area (Å²) < 4.78 is 37.1. The number of sulfonamides is 1. The van der Waals surface area contributed by atoms with Gasteiger partial charge >= 0.3 is 0 Å². The summed E-state index contributed by atoms with van der Waals surface area (Å²) in [5.74, 6) is -0.474. The largest absolute Gasteiger partial charge is 0.497 e. The second kappa shape index (κ2) is 10.2. The second-order valence-electron chi connectivity index (χ2n) is 6.59. The Hall–Kier alpha value is -3.21. The van der Waals surface area contributed by atoms with Crippen LogP contribution >= 0.6 is 0 Å². The van der Waals surface area contributed by atoms with Gasteiger partial charge in [0.25, 0.3) is 11.8 Å². The van der Waals surface area contributed by atoms with Gasteiger partial charge in [0, 0.05) is 24.7 Å². The summed E-state index contributed by atoms with van der Waals surface area (Å²) in [6, 6.07) is 12.7. The Morgan fingerprint density at radius 1 is 1.06 bits per heavy atom. The normalized spacial score (nSPS) is 14.9. The van der Waals surface area contributed by atoms with Crippen molar-refractivity contribution in [3.05, 3.63) is 65.7 Å². The van der Waals surface area contributed by atoms with Crippen LogP contribution in [-0.2, 0) is 19.6 Å². The van der Waals surface area contributed by atoms with Crippen LogP contribution < -0.4 is 15.6 Å². The van der Waals surface area contributed by atoms with E-state index in [1.54, 1.807) is 37.5 Å². The first-order valence-corrected chi connectivity index (χ1v) is 10.9. The molecule has 0 bridgehead atoms. The number of ether oxygens (including phenoxy) is 2. The van der Waals surface area contributed by atoms with Crippen LogP contribution in [0.3, 0.4) is 0 Å². The number of amides is 2. The molecule has 0 aromatic heterocycles. The zero-order valence-electron chi connectivity index (χ0n) is 16.9. The third kappa shape index (κ3) is 5.91. The Morgan fingerprint density at radius 2 is 1.77 bits per heavy atom. The summed E-state index contributed by atoms with van der Waals surface area (Å²) in [6.07, 6.45) is 2.85. The minimum atomic E-state index is -3.73. The molecule has 2 N–H and O–H groups in total. The Balaban J connectivity index is 1.59. The molecule has 1 aliphatic rings. The Bertz CT molecular complexity index is 1060. The summed E-state index contributed by atoms with van der Waals surface area (Å²) in [5, 5.41) is 0. The number of nitrogens with one attached hydrogen (secondary N) is 2. The van der Waals surface area contributed by atoms with E-state index in [1.165, 1.54) is 34.6 Å². The Kier molecular flexibility index (Phi) is 7.40. The fourth-order valence-corrected chi connectivity index (χ4v) is 4.31. The van der Waals surface area contributed by atoms with Crippen molar-refractivity contribution in [3.63, 3.8) is 0 Å². The number of nitrogens with zero attached hydrogens (tertiary/aromatic N) is 1. The first-order chi connectivity index (χ1) is 14.9. The predicted octanol–water partition coefficient (Wildman–Crippen LogP) is 1.19. The molecule has 0 atom stereocenters. The zero-order chi connectivity index (χ0) is 22.3. The number of benzene rings is 2. The highest BCUT2D eigenvalue weighted by atomic mass is 32.2. The number of carbonyl (C=O) groups excluding carboxylic acids is 2. The number of methoxy groups -OCH3 is 1. The molecule has 0 radical (unpaired) electrons. The van der Waals surface area contributed by atoms with Gasteiger partial charge in [0.1, 0.15) is 5.75 Å². The Morgan fingerprint density at radius 3 is 2.45 bits per heavy atom. The van der Waals surface area contributed by atoms with E-state index < -0.39 is 21.8 Å². The number of hydrogen-bond acceptors (Lipinski definition) is 6. The highest BCUT2D eigenvalue weighted by Gasteiger charge is 2.26. The first-order valence-electron chi connectivity index (χ1n) is 9.50. The SMILES string of the molecule is COc1ccc(/C=C/C(=O)NNC(=O)c2cccc(S(=O)(=O)N3CCOCC3)c2)cc1. The second-order valence-corrected chi connectivity index (χ2v) is 8.53.